The van der Waals surface area contributed by atoms with Crippen molar-refractivity contribution in [3.8, 4) is 0 Å². The molecule has 1 N–H and O–H groups in total. The number of nitrogens with one attached hydrogen (secondary N) is 1. The maximum absolute atomic E-state index is 10.3. The summed E-state index contributed by atoms with van der Waals surface area (Å²) in [4.78, 5) is 9.62. The van der Waals surface area contributed by atoms with E-state index in [9.17, 15) is 10.1 Å². The molecule has 1 rings (SSSR count). The molecule has 6 heteroatoms. The minimum Gasteiger partial charge on any atom is -0.309 e. The lowest BCUT2D eigenvalue weighted by molar-refractivity contribution is -0.533. The molecule has 0 amide bonds. The Kier molecular flexibility index (Phi) is 2.06. The van der Waals surface area contributed by atoms with Gasteiger partial charge in [-0.1, -0.05) is 11.6 Å². The quantitative estimate of drug-likeness (QED) is 0.297. The fraction of sp³-hybridized carbons (Fsp3) is 0.200. The van der Waals surface area contributed by atoms with Crippen molar-refractivity contribution in [1.82, 2.24) is 5.32 Å². The van der Waals surface area contributed by atoms with Gasteiger partial charge >= 0.3 is 5.12 Å². The highest BCUT2D eigenvalue weighted by atomic mass is 35.5. The fourth-order valence-corrected chi connectivity index (χ4v) is 0.805. The Hall–Kier alpha value is -0.740. The molecule has 60 valence electrons. The summed E-state index contributed by atoms with van der Waals surface area (Å²) < 4.78 is 0. The zero-order chi connectivity index (χ0) is 8.48. The van der Waals surface area contributed by atoms with Gasteiger partial charge in [0, 0.05) is 12.3 Å². The van der Waals surface area contributed by atoms with E-state index in [1.54, 1.807) is 0 Å². The van der Waals surface area contributed by atoms with Crippen LogP contribution in [-0.4, -0.2) is 10.0 Å². The minimum atomic E-state index is -1.74. The Morgan fingerprint density at radius 2 is 2.36 bits per heavy atom. The average Bonchev–Trinajstić information content (AvgIpc) is 1.95. The standard InChI is InChI=1S/C5H4Cl2N2O2/c6-4-1-2-5(7,8-3-4)9(10)11/h1-3,8H. The molecule has 0 aromatic rings. The molecular weight excluding hydrogens is 191 g/mol. The first kappa shape index (κ1) is 8.36. The summed E-state index contributed by atoms with van der Waals surface area (Å²) in [5.41, 5.74) is 0. The van der Waals surface area contributed by atoms with Crippen LogP contribution in [0.1, 0.15) is 0 Å². The van der Waals surface area contributed by atoms with Gasteiger partial charge in [0.05, 0.1) is 9.96 Å². The van der Waals surface area contributed by atoms with Crippen LogP contribution in [0.15, 0.2) is 23.4 Å². The van der Waals surface area contributed by atoms with Crippen molar-refractivity contribution in [1.29, 1.82) is 0 Å². The summed E-state index contributed by atoms with van der Waals surface area (Å²) in [6.45, 7) is 0. The largest absolute Gasteiger partial charge is 0.391 e. The van der Waals surface area contributed by atoms with Gasteiger partial charge in [0.1, 0.15) is 0 Å². The predicted octanol–water partition coefficient (Wildman–Crippen LogP) is 1.40. The second-order valence-electron chi connectivity index (χ2n) is 1.94. The van der Waals surface area contributed by atoms with E-state index in [-0.39, 0.29) is 0 Å². The first-order valence-electron chi connectivity index (χ1n) is 2.70. The molecule has 0 aliphatic carbocycles. The second kappa shape index (κ2) is 2.71. The number of allylic oxidation sites excluding steroid dienone is 2. The molecule has 1 unspecified atom stereocenters. The average molecular weight is 195 g/mol. The maximum Gasteiger partial charge on any atom is 0.391 e. The van der Waals surface area contributed by atoms with Crippen molar-refractivity contribution in [2.24, 2.45) is 0 Å². The summed E-state index contributed by atoms with van der Waals surface area (Å²) in [7, 11) is 0. The first-order chi connectivity index (χ1) is 5.04. The van der Waals surface area contributed by atoms with E-state index in [2.05, 4.69) is 5.32 Å². The molecule has 0 radical (unpaired) electrons. The Morgan fingerprint density at radius 1 is 1.73 bits per heavy atom. The Morgan fingerprint density at radius 3 is 2.73 bits per heavy atom. The van der Waals surface area contributed by atoms with Gasteiger partial charge in [-0.15, -0.1) is 0 Å². The fourth-order valence-electron chi connectivity index (χ4n) is 0.570. The van der Waals surface area contributed by atoms with Crippen LogP contribution in [-0.2, 0) is 0 Å². The molecule has 0 bridgehead atoms. The van der Waals surface area contributed by atoms with Gasteiger partial charge in [0.25, 0.3) is 0 Å². The van der Waals surface area contributed by atoms with Gasteiger partial charge in [0.15, 0.2) is 0 Å². The highest BCUT2D eigenvalue weighted by Gasteiger charge is 2.37. The highest BCUT2D eigenvalue weighted by Crippen LogP contribution is 2.20. The van der Waals surface area contributed by atoms with Crippen molar-refractivity contribution < 1.29 is 4.92 Å². The number of halogens is 2. The molecule has 1 heterocycles. The molecule has 4 nitrogen and oxygen atoms in total. The van der Waals surface area contributed by atoms with Gasteiger partial charge in [0.2, 0.25) is 0 Å². The van der Waals surface area contributed by atoms with Crippen LogP contribution < -0.4 is 5.32 Å². The van der Waals surface area contributed by atoms with Crippen molar-refractivity contribution in [3.05, 3.63) is 33.5 Å². The SMILES string of the molecule is O=[N+]([O-])C1(Cl)C=CC(Cl)=CN1. The summed E-state index contributed by atoms with van der Waals surface area (Å²) in [6.07, 6.45) is 3.82. The van der Waals surface area contributed by atoms with Gasteiger partial charge in [-0.2, -0.15) is 0 Å². The van der Waals surface area contributed by atoms with Crippen LogP contribution in [0.25, 0.3) is 0 Å². The Bertz CT molecular complexity index is 251. The highest BCUT2D eigenvalue weighted by molar-refractivity contribution is 6.31. The topological polar surface area (TPSA) is 55.2 Å². The lowest BCUT2D eigenvalue weighted by Gasteiger charge is -2.16. The molecule has 11 heavy (non-hydrogen) atoms. The number of hydrogen-bond donors (Lipinski definition) is 1. The van der Waals surface area contributed by atoms with Gasteiger partial charge in [-0.3, -0.25) is 10.1 Å². The second-order valence-corrected chi connectivity index (χ2v) is 2.95. The minimum absolute atomic E-state index is 0.378. The number of hydrogen-bond acceptors (Lipinski definition) is 3. The number of alkyl halides is 1. The molecule has 0 fully saturated rings. The van der Waals surface area contributed by atoms with Gasteiger partial charge in [-0.05, 0) is 17.7 Å². The van der Waals surface area contributed by atoms with E-state index in [0.29, 0.717) is 5.03 Å². The third-order valence-corrected chi connectivity index (χ3v) is 1.75. The summed E-state index contributed by atoms with van der Waals surface area (Å²) in [6, 6.07) is 0. The smallest absolute Gasteiger partial charge is 0.309 e. The van der Waals surface area contributed by atoms with Crippen LogP contribution in [0.4, 0.5) is 0 Å². The van der Waals surface area contributed by atoms with Crippen LogP contribution in [0.3, 0.4) is 0 Å². The molecule has 0 saturated heterocycles. The van der Waals surface area contributed by atoms with Gasteiger partial charge in [-0.25, -0.2) is 0 Å². The van der Waals surface area contributed by atoms with Crippen molar-refractivity contribution in [2.45, 2.75) is 5.12 Å². The maximum atomic E-state index is 10.3. The van der Waals surface area contributed by atoms with E-state index in [4.69, 9.17) is 23.2 Å². The van der Waals surface area contributed by atoms with E-state index >= 15 is 0 Å². The number of nitrogens with zero attached hydrogens (tertiary/aromatic N) is 1. The van der Waals surface area contributed by atoms with Crippen LogP contribution in [0.2, 0.25) is 0 Å². The first-order valence-corrected chi connectivity index (χ1v) is 3.46. The predicted molar refractivity (Wildman–Crippen MR) is 41.8 cm³/mol. The van der Waals surface area contributed by atoms with Gasteiger partial charge < -0.3 is 5.32 Å². The van der Waals surface area contributed by atoms with Crippen molar-refractivity contribution in [3.63, 3.8) is 0 Å². The summed E-state index contributed by atoms with van der Waals surface area (Å²) in [5, 5.41) is 11.2. The van der Waals surface area contributed by atoms with Crippen molar-refractivity contribution in [2.75, 3.05) is 0 Å². The summed E-state index contributed by atoms with van der Waals surface area (Å²) in [5.74, 6) is 0. The number of dihydropyridines is 1. The summed E-state index contributed by atoms with van der Waals surface area (Å²) >= 11 is 11.0. The third-order valence-electron chi connectivity index (χ3n) is 1.14. The van der Waals surface area contributed by atoms with E-state index < -0.39 is 10.0 Å². The number of nitro groups is 1. The van der Waals surface area contributed by atoms with E-state index in [1.807, 2.05) is 0 Å². The number of rotatable bonds is 1. The molecular formula is C5H4Cl2N2O2. The van der Waals surface area contributed by atoms with Crippen LogP contribution >= 0.6 is 23.2 Å². The molecule has 1 aliphatic rings. The van der Waals surface area contributed by atoms with E-state index in [0.717, 1.165) is 0 Å². The van der Waals surface area contributed by atoms with Crippen molar-refractivity contribution >= 4 is 23.2 Å². The zero-order valence-corrected chi connectivity index (χ0v) is 6.76. The Balaban J connectivity index is 2.82. The molecule has 0 aromatic carbocycles. The molecule has 0 spiro atoms. The molecule has 0 saturated carbocycles. The lowest BCUT2D eigenvalue weighted by atomic mass is 10.3. The zero-order valence-electron chi connectivity index (χ0n) is 5.25. The molecule has 1 atom stereocenters. The lowest BCUT2D eigenvalue weighted by Crippen LogP contribution is -2.43. The van der Waals surface area contributed by atoms with E-state index in [1.165, 1.54) is 18.4 Å². The molecule has 0 aromatic heterocycles. The van der Waals surface area contributed by atoms with Crippen LogP contribution in [0, 0.1) is 10.1 Å². The molecule has 1 aliphatic heterocycles. The third kappa shape index (κ3) is 1.64. The van der Waals surface area contributed by atoms with Crippen LogP contribution in [0.5, 0.6) is 0 Å². The monoisotopic (exact) mass is 194 g/mol. The Labute approximate surface area is 72.6 Å². The normalized spacial score (nSPS) is 29.1.